The van der Waals surface area contributed by atoms with Crippen LogP contribution in [0.4, 0.5) is 0 Å². The lowest BCUT2D eigenvalue weighted by atomic mass is 10.1. The fourth-order valence-electron chi connectivity index (χ4n) is 1.98. The normalized spacial score (nSPS) is 21.7. The van der Waals surface area contributed by atoms with E-state index in [1.54, 1.807) is 5.01 Å². The van der Waals surface area contributed by atoms with Crippen LogP contribution in [0, 0.1) is 0 Å². The Bertz CT molecular complexity index is 353. The molecule has 0 radical (unpaired) electrons. The van der Waals surface area contributed by atoms with E-state index in [1.165, 1.54) is 0 Å². The smallest absolute Gasteiger partial charge is 0.251 e. The average molecular weight is 219 g/mol. The Balaban J connectivity index is 1.92. The van der Waals surface area contributed by atoms with Crippen molar-refractivity contribution in [1.82, 2.24) is 10.3 Å². The van der Waals surface area contributed by atoms with Crippen molar-refractivity contribution in [3.8, 4) is 0 Å². The van der Waals surface area contributed by atoms with Gasteiger partial charge in [0.2, 0.25) is 0 Å². The minimum atomic E-state index is -0.0131. The van der Waals surface area contributed by atoms with Crippen LogP contribution in [0.2, 0.25) is 0 Å². The number of piperidine rings is 1. The van der Waals surface area contributed by atoms with Crippen molar-refractivity contribution in [2.24, 2.45) is 5.84 Å². The lowest BCUT2D eigenvalue weighted by Crippen LogP contribution is -2.50. The van der Waals surface area contributed by atoms with Gasteiger partial charge in [-0.25, -0.2) is 5.01 Å². The number of nitrogens with zero attached hydrogens (tertiary/aromatic N) is 1. The van der Waals surface area contributed by atoms with E-state index < -0.39 is 0 Å². The summed E-state index contributed by atoms with van der Waals surface area (Å²) in [6.45, 7) is 1.65. The van der Waals surface area contributed by atoms with E-state index >= 15 is 0 Å². The van der Waals surface area contributed by atoms with Crippen LogP contribution < -0.4 is 11.2 Å². The molecular weight excluding hydrogens is 202 g/mol. The molecule has 1 amide bonds. The number of amides is 1. The molecule has 1 atom stereocenters. The molecular formula is C12H17N3O. The van der Waals surface area contributed by atoms with Gasteiger partial charge in [-0.15, -0.1) is 0 Å². The van der Waals surface area contributed by atoms with Gasteiger partial charge >= 0.3 is 0 Å². The predicted molar refractivity (Wildman–Crippen MR) is 62.7 cm³/mol. The van der Waals surface area contributed by atoms with Crippen LogP contribution in [0.15, 0.2) is 30.3 Å². The third kappa shape index (κ3) is 2.81. The Labute approximate surface area is 95.4 Å². The second-order valence-electron chi connectivity index (χ2n) is 4.17. The average Bonchev–Trinajstić information content (AvgIpc) is 2.30. The monoisotopic (exact) mass is 219 g/mol. The standard InChI is InChI=1S/C12H17N3O/c13-15-8-4-7-11(9-15)14-12(16)10-5-2-1-3-6-10/h1-3,5-6,11H,4,7-9,13H2,(H,14,16)/t11-/m1/s1. The minimum Gasteiger partial charge on any atom is -0.348 e. The van der Waals surface area contributed by atoms with Gasteiger partial charge in [-0.05, 0) is 25.0 Å². The third-order valence-electron chi connectivity index (χ3n) is 2.82. The minimum absolute atomic E-state index is 0.0131. The largest absolute Gasteiger partial charge is 0.348 e. The number of carbonyl (C=O) groups is 1. The summed E-state index contributed by atoms with van der Waals surface area (Å²) in [6.07, 6.45) is 2.04. The van der Waals surface area contributed by atoms with E-state index in [0.717, 1.165) is 25.9 Å². The van der Waals surface area contributed by atoms with Gasteiger partial charge in [0, 0.05) is 24.7 Å². The van der Waals surface area contributed by atoms with Crippen molar-refractivity contribution < 1.29 is 4.79 Å². The van der Waals surface area contributed by atoms with Crippen LogP contribution in [-0.2, 0) is 0 Å². The van der Waals surface area contributed by atoms with Crippen molar-refractivity contribution >= 4 is 5.91 Å². The van der Waals surface area contributed by atoms with Crippen LogP contribution in [0.1, 0.15) is 23.2 Å². The maximum atomic E-state index is 11.8. The Morgan fingerprint density at radius 3 is 2.81 bits per heavy atom. The highest BCUT2D eigenvalue weighted by Gasteiger charge is 2.19. The van der Waals surface area contributed by atoms with Crippen LogP contribution in [-0.4, -0.2) is 30.0 Å². The Hall–Kier alpha value is -1.39. The van der Waals surface area contributed by atoms with Gasteiger partial charge in [-0.2, -0.15) is 0 Å². The first-order chi connectivity index (χ1) is 7.75. The van der Waals surface area contributed by atoms with Gasteiger partial charge in [-0.1, -0.05) is 18.2 Å². The molecule has 0 unspecified atom stereocenters. The first-order valence-corrected chi connectivity index (χ1v) is 5.61. The molecule has 3 N–H and O–H groups in total. The third-order valence-corrected chi connectivity index (χ3v) is 2.82. The summed E-state index contributed by atoms with van der Waals surface area (Å²) in [5, 5.41) is 4.77. The highest BCUT2D eigenvalue weighted by molar-refractivity contribution is 5.94. The molecule has 0 spiro atoms. The highest BCUT2D eigenvalue weighted by Crippen LogP contribution is 2.07. The summed E-state index contributed by atoms with van der Waals surface area (Å²) in [5.41, 5.74) is 0.705. The van der Waals surface area contributed by atoms with E-state index in [-0.39, 0.29) is 11.9 Å². The highest BCUT2D eigenvalue weighted by atomic mass is 16.1. The summed E-state index contributed by atoms with van der Waals surface area (Å²) in [5.74, 6) is 5.71. The number of hydrogen-bond acceptors (Lipinski definition) is 3. The second-order valence-corrected chi connectivity index (χ2v) is 4.17. The SMILES string of the molecule is NN1CCC[C@@H](NC(=O)c2ccccc2)C1. The van der Waals surface area contributed by atoms with Crippen LogP contribution in [0.5, 0.6) is 0 Å². The quantitative estimate of drug-likeness (QED) is 0.722. The lowest BCUT2D eigenvalue weighted by molar-refractivity contribution is 0.0904. The number of nitrogens with one attached hydrogen (secondary N) is 1. The van der Waals surface area contributed by atoms with Crippen LogP contribution in [0.3, 0.4) is 0 Å². The van der Waals surface area contributed by atoms with Crippen molar-refractivity contribution in [3.63, 3.8) is 0 Å². The van der Waals surface area contributed by atoms with Gasteiger partial charge in [0.15, 0.2) is 0 Å². The summed E-state index contributed by atoms with van der Waals surface area (Å²) in [6, 6.07) is 9.44. The Morgan fingerprint density at radius 1 is 1.38 bits per heavy atom. The number of hydrogen-bond donors (Lipinski definition) is 2. The molecule has 1 aromatic carbocycles. The summed E-state index contributed by atoms with van der Waals surface area (Å²) < 4.78 is 0. The fraction of sp³-hybridized carbons (Fsp3) is 0.417. The topological polar surface area (TPSA) is 58.4 Å². The molecule has 0 aliphatic carbocycles. The van der Waals surface area contributed by atoms with Crippen LogP contribution in [0.25, 0.3) is 0 Å². The molecule has 2 rings (SSSR count). The molecule has 1 heterocycles. The molecule has 0 saturated carbocycles. The summed E-state index contributed by atoms with van der Waals surface area (Å²) >= 11 is 0. The predicted octanol–water partition coefficient (Wildman–Crippen LogP) is 0.754. The maximum Gasteiger partial charge on any atom is 0.251 e. The lowest BCUT2D eigenvalue weighted by Gasteiger charge is -2.29. The van der Waals surface area contributed by atoms with Crippen molar-refractivity contribution in [3.05, 3.63) is 35.9 Å². The van der Waals surface area contributed by atoms with E-state index in [2.05, 4.69) is 5.32 Å². The maximum absolute atomic E-state index is 11.8. The first-order valence-electron chi connectivity index (χ1n) is 5.61. The number of benzene rings is 1. The van der Waals surface area contributed by atoms with Gasteiger partial charge in [0.05, 0.1) is 0 Å². The molecule has 1 saturated heterocycles. The number of rotatable bonds is 2. The molecule has 0 bridgehead atoms. The van der Waals surface area contributed by atoms with Gasteiger partial charge in [0.1, 0.15) is 0 Å². The van der Waals surface area contributed by atoms with E-state index in [1.807, 2.05) is 30.3 Å². The summed E-state index contributed by atoms with van der Waals surface area (Å²) in [4.78, 5) is 11.8. The van der Waals surface area contributed by atoms with Crippen molar-refractivity contribution in [1.29, 1.82) is 0 Å². The fourth-order valence-corrected chi connectivity index (χ4v) is 1.98. The second kappa shape index (κ2) is 5.09. The number of carbonyl (C=O) groups excluding carboxylic acids is 1. The Kier molecular flexibility index (Phi) is 3.54. The molecule has 4 nitrogen and oxygen atoms in total. The molecule has 1 aromatic rings. The molecule has 1 aliphatic rings. The first kappa shape index (κ1) is 11.1. The zero-order valence-electron chi connectivity index (χ0n) is 9.23. The van der Waals surface area contributed by atoms with Crippen molar-refractivity contribution in [2.45, 2.75) is 18.9 Å². The molecule has 86 valence electrons. The van der Waals surface area contributed by atoms with E-state index in [4.69, 9.17) is 5.84 Å². The van der Waals surface area contributed by atoms with Crippen LogP contribution >= 0.6 is 0 Å². The van der Waals surface area contributed by atoms with Gasteiger partial charge < -0.3 is 5.32 Å². The van der Waals surface area contributed by atoms with Crippen molar-refractivity contribution in [2.75, 3.05) is 13.1 Å². The number of nitrogens with two attached hydrogens (primary N) is 1. The van der Waals surface area contributed by atoms with E-state index in [9.17, 15) is 4.79 Å². The molecule has 16 heavy (non-hydrogen) atoms. The van der Waals surface area contributed by atoms with E-state index in [0.29, 0.717) is 5.56 Å². The molecule has 4 heteroatoms. The molecule has 1 aliphatic heterocycles. The zero-order valence-corrected chi connectivity index (χ0v) is 9.23. The number of hydrazine groups is 1. The van der Waals surface area contributed by atoms with Gasteiger partial charge in [-0.3, -0.25) is 10.6 Å². The zero-order chi connectivity index (χ0) is 11.4. The molecule has 1 fully saturated rings. The summed E-state index contributed by atoms with van der Waals surface area (Å²) in [7, 11) is 0. The van der Waals surface area contributed by atoms with Gasteiger partial charge in [0.25, 0.3) is 5.91 Å². The Morgan fingerprint density at radius 2 is 2.12 bits per heavy atom. The molecule has 0 aromatic heterocycles.